The number of aliphatic hydroxyl groups excluding tert-OH is 2. The van der Waals surface area contributed by atoms with Crippen molar-refractivity contribution in [2.24, 2.45) is 0 Å². The minimum atomic E-state index is -0.919. The van der Waals surface area contributed by atoms with Crippen molar-refractivity contribution in [2.45, 2.75) is 25.0 Å². The number of hydrogen-bond donors (Lipinski definition) is 4. The molecular weight excluding hydrogens is 596 g/mol. The van der Waals surface area contributed by atoms with E-state index >= 15 is 0 Å². The summed E-state index contributed by atoms with van der Waals surface area (Å²) >= 11 is 0. The van der Waals surface area contributed by atoms with E-state index in [9.17, 15) is 14.7 Å². The Hall–Kier alpha value is -5.36. The van der Waals surface area contributed by atoms with Gasteiger partial charge in [0, 0.05) is 36.6 Å². The van der Waals surface area contributed by atoms with Crippen LogP contribution in [0.15, 0.2) is 110 Å². The molecule has 0 saturated carbocycles. The molecule has 6 aromatic rings. The third-order valence-electron chi connectivity index (χ3n) is 8.18. The summed E-state index contributed by atoms with van der Waals surface area (Å²) in [7, 11) is 0. The van der Waals surface area contributed by atoms with Gasteiger partial charge in [0.15, 0.2) is 0 Å². The minimum Gasteiger partial charge on any atom is -0.478 e. The van der Waals surface area contributed by atoms with Crippen LogP contribution >= 0.6 is 0 Å². The lowest BCUT2D eigenvalue weighted by Crippen LogP contribution is -2.29. The Morgan fingerprint density at radius 3 is 1.64 bits per heavy atom. The topological polar surface area (TPSA) is 146 Å². The molecule has 2 aliphatic rings. The first-order valence-corrected chi connectivity index (χ1v) is 15.5. The van der Waals surface area contributed by atoms with E-state index in [-0.39, 0.29) is 17.6 Å². The van der Waals surface area contributed by atoms with Crippen LogP contribution in [0.25, 0.3) is 33.4 Å². The zero-order chi connectivity index (χ0) is 32.8. The van der Waals surface area contributed by atoms with E-state index in [0.717, 1.165) is 53.0 Å². The van der Waals surface area contributed by atoms with Gasteiger partial charge in [-0.15, -0.1) is 0 Å². The summed E-state index contributed by atoms with van der Waals surface area (Å²) in [6.45, 7) is 2.82. The Balaban J connectivity index is 0.000000143. The number of aromatic nitrogens is 4. The molecule has 11 nitrogen and oxygen atoms in total. The number of likely N-dealkylation sites (tertiary alicyclic amines) is 1. The second-order valence-electron chi connectivity index (χ2n) is 11.4. The van der Waals surface area contributed by atoms with E-state index < -0.39 is 12.1 Å². The number of benzene rings is 4. The number of fused-ring (bicyclic) bond motifs is 2. The zero-order valence-corrected chi connectivity index (χ0v) is 25.7. The number of carboxylic acid groups (broad SMARTS) is 1. The average Bonchev–Trinajstić information content (AvgIpc) is 3.93. The van der Waals surface area contributed by atoms with Gasteiger partial charge in [-0.25, -0.2) is 14.8 Å². The van der Waals surface area contributed by atoms with E-state index in [1.54, 1.807) is 41.8 Å². The van der Waals surface area contributed by atoms with E-state index in [4.69, 9.17) is 10.2 Å². The fourth-order valence-electron chi connectivity index (χ4n) is 5.61. The Bertz CT molecular complexity index is 1960. The molecule has 0 radical (unpaired) electrons. The summed E-state index contributed by atoms with van der Waals surface area (Å²) < 4.78 is 3.93. The van der Waals surface area contributed by atoms with E-state index in [0.29, 0.717) is 25.1 Å². The van der Waals surface area contributed by atoms with Gasteiger partial charge in [-0.05, 0) is 92.2 Å². The maximum Gasteiger partial charge on any atom is 0.335 e. The van der Waals surface area contributed by atoms with Gasteiger partial charge in [-0.2, -0.15) is 0 Å². The molecule has 2 fully saturated rings. The molecule has 0 spiro atoms. The quantitative estimate of drug-likeness (QED) is 0.225. The largest absolute Gasteiger partial charge is 0.478 e. The molecule has 0 aliphatic carbocycles. The normalized spacial score (nSPS) is 17.2. The fourth-order valence-corrected chi connectivity index (χ4v) is 5.61. The Labute approximate surface area is 271 Å². The summed E-state index contributed by atoms with van der Waals surface area (Å²) in [5.41, 5.74) is 6.69. The number of rotatable bonds is 4. The number of imidazole rings is 2. The van der Waals surface area contributed by atoms with E-state index in [1.165, 1.54) is 0 Å². The summed E-state index contributed by atoms with van der Waals surface area (Å²) in [6.07, 6.45) is 4.66. The highest BCUT2D eigenvalue weighted by Gasteiger charge is 2.25. The van der Waals surface area contributed by atoms with Crippen molar-refractivity contribution in [2.75, 3.05) is 26.2 Å². The van der Waals surface area contributed by atoms with Gasteiger partial charge in [0.2, 0.25) is 0 Å². The smallest absolute Gasteiger partial charge is 0.335 e. The molecule has 4 N–H and O–H groups in total. The van der Waals surface area contributed by atoms with Gasteiger partial charge in [0.25, 0.3) is 5.91 Å². The van der Waals surface area contributed by atoms with Crippen LogP contribution in [0.3, 0.4) is 0 Å². The van der Waals surface area contributed by atoms with Crippen molar-refractivity contribution in [3.63, 3.8) is 0 Å². The predicted molar refractivity (Wildman–Crippen MR) is 179 cm³/mol. The van der Waals surface area contributed by atoms with Crippen LogP contribution in [0.2, 0.25) is 0 Å². The van der Waals surface area contributed by atoms with E-state index in [1.807, 2.05) is 81.9 Å². The minimum absolute atomic E-state index is 0.0245. The number of hydrogen-bond acceptors (Lipinski definition) is 7. The summed E-state index contributed by atoms with van der Waals surface area (Å²) in [4.78, 5) is 33.6. The highest BCUT2D eigenvalue weighted by Crippen LogP contribution is 2.20. The molecule has 4 heterocycles. The molecule has 2 saturated heterocycles. The Morgan fingerprint density at radius 2 is 1.21 bits per heavy atom. The van der Waals surface area contributed by atoms with Crippen molar-refractivity contribution in [3.05, 3.63) is 121 Å². The van der Waals surface area contributed by atoms with Gasteiger partial charge in [-0.1, -0.05) is 24.3 Å². The highest BCUT2D eigenvalue weighted by atomic mass is 16.4. The number of nitrogens with one attached hydrogen (secondary N) is 1. The predicted octanol–water partition coefficient (Wildman–Crippen LogP) is 4.30. The molecule has 240 valence electrons. The number of nitrogens with zero attached hydrogens (tertiary/aromatic N) is 5. The lowest BCUT2D eigenvalue weighted by Gasteiger charge is -2.15. The van der Waals surface area contributed by atoms with Gasteiger partial charge >= 0.3 is 5.97 Å². The number of carbonyl (C=O) groups is 2. The van der Waals surface area contributed by atoms with Crippen LogP contribution in [0, 0.1) is 0 Å². The number of aliphatic hydroxyl groups is 2. The van der Waals surface area contributed by atoms with Crippen molar-refractivity contribution in [1.29, 1.82) is 0 Å². The van der Waals surface area contributed by atoms with Crippen LogP contribution in [0.4, 0.5) is 0 Å². The molecule has 2 aliphatic heterocycles. The van der Waals surface area contributed by atoms with Crippen LogP contribution in [0.5, 0.6) is 0 Å². The molecular formula is C36H36N6O5. The first-order chi connectivity index (χ1) is 22.9. The number of para-hydroxylation sites is 4. The summed E-state index contributed by atoms with van der Waals surface area (Å²) in [5.74, 6) is -0.944. The number of aromatic carboxylic acids is 1. The SMILES string of the molecule is O=C(O)c1ccc(-n2cnc3ccccc32)cc1.O=C(c1ccc(-n2cnc3ccccc32)cc1)N1CC[C@@H](O)C1.O[C@@H]1CCNC1. The first kappa shape index (κ1) is 31.6. The third-order valence-corrected chi connectivity index (χ3v) is 8.18. The lowest BCUT2D eigenvalue weighted by molar-refractivity contribution is 0.0696. The number of β-amino-alcohol motifs (C(OH)–C–C–N with tert-alkyl or cyclic N) is 2. The van der Waals surface area contributed by atoms with Crippen molar-refractivity contribution in [3.8, 4) is 11.4 Å². The van der Waals surface area contributed by atoms with Gasteiger partial charge < -0.3 is 25.5 Å². The van der Waals surface area contributed by atoms with Crippen molar-refractivity contribution >= 4 is 33.9 Å². The molecule has 4 aromatic carbocycles. The molecule has 8 rings (SSSR count). The number of carboxylic acids is 1. The highest BCUT2D eigenvalue weighted by molar-refractivity contribution is 5.94. The lowest BCUT2D eigenvalue weighted by atomic mass is 10.2. The van der Waals surface area contributed by atoms with Crippen LogP contribution in [0.1, 0.15) is 33.6 Å². The van der Waals surface area contributed by atoms with Crippen LogP contribution in [-0.2, 0) is 0 Å². The average molecular weight is 633 g/mol. The van der Waals surface area contributed by atoms with Gasteiger partial charge in [-0.3, -0.25) is 13.9 Å². The Morgan fingerprint density at radius 1 is 0.681 bits per heavy atom. The van der Waals surface area contributed by atoms with Gasteiger partial charge in [0.1, 0.15) is 12.7 Å². The molecule has 0 bridgehead atoms. The maximum absolute atomic E-state index is 12.4. The second kappa shape index (κ2) is 14.4. The van der Waals surface area contributed by atoms with Crippen molar-refractivity contribution in [1.82, 2.24) is 29.3 Å². The molecule has 11 heteroatoms. The van der Waals surface area contributed by atoms with Gasteiger partial charge in [0.05, 0.1) is 39.8 Å². The summed E-state index contributed by atoms with van der Waals surface area (Å²) in [5, 5.41) is 30.1. The second-order valence-corrected chi connectivity index (χ2v) is 11.4. The number of carbonyl (C=O) groups excluding carboxylic acids is 1. The molecule has 47 heavy (non-hydrogen) atoms. The Kier molecular flexibility index (Phi) is 9.67. The zero-order valence-electron chi connectivity index (χ0n) is 25.7. The summed E-state index contributed by atoms with van der Waals surface area (Å²) in [6, 6.07) is 30.0. The third kappa shape index (κ3) is 7.39. The fraction of sp³-hybridized carbons (Fsp3) is 0.222. The standard InChI is InChI=1S/C18H17N3O2.C14H10N2O2.C4H9NO/c22-15-9-10-20(11-15)18(23)13-5-7-14(8-6-13)21-12-19-16-3-1-2-4-17(16)21;17-14(18)10-5-7-11(8-6-10)16-9-15-12-3-1-2-4-13(12)16;6-4-1-2-5-3-4/h1-8,12,15,22H,9-11H2;1-9H,(H,17,18);4-6H,1-3H2/t15-;;4-/m1.1/s1. The van der Waals surface area contributed by atoms with Crippen LogP contribution in [-0.4, -0.2) is 89.6 Å². The molecule has 1 amide bonds. The first-order valence-electron chi connectivity index (χ1n) is 15.5. The maximum atomic E-state index is 12.4. The molecule has 2 atom stereocenters. The van der Waals surface area contributed by atoms with E-state index in [2.05, 4.69) is 15.3 Å². The van der Waals surface area contributed by atoms with Crippen molar-refractivity contribution < 1.29 is 24.9 Å². The monoisotopic (exact) mass is 632 g/mol. The molecule has 0 unspecified atom stereocenters. The van der Waals surface area contributed by atoms with Crippen LogP contribution < -0.4 is 5.32 Å². The number of amides is 1. The molecule has 2 aromatic heterocycles.